The summed E-state index contributed by atoms with van der Waals surface area (Å²) in [7, 11) is 0. The summed E-state index contributed by atoms with van der Waals surface area (Å²) < 4.78 is 6.65. The molecule has 1 aromatic carbocycles. The van der Waals surface area contributed by atoms with E-state index in [1.54, 1.807) is 34.1 Å². The second-order valence-electron chi connectivity index (χ2n) is 10.6. The number of fused-ring (bicyclic) bond motifs is 2. The van der Waals surface area contributed by atoms with Gasteiger partial charge in [0.15, 0.2) is 0 Å². The second kappa shape index (κ2) is 9.89. The predicted octanol–water partition coefficient (Wildman–Crippen LogP) is 2.65. The monoisotopic (exact) mass is 527 g/mol. The zero-order valence-electron chi connectivity index (χ0n) is 21.4. The number of hydrogen-bond donors (Lipinski definition) is 1. The van der Waals surface area contributed by atoms with Gasteiger partial charge in [0.05, 0.1) is 41.3 Å². The molecule has 0 radical (unpaired) electrons. The molecule has 5 rings (SSSR count). The highest BCUT2D eigenvalue weighted by atomic mass is 35.5. The molecule has 9 heteroatoms. The highest BCUT2D eigenvalue weighted by Gasteiger charge is 2.72. The fourth-order valence-corrected chi connectivity index (χ4v) is 6.70. The topological polar surface area (TPSA) is 90.4 Å². The molecular weight excluding hydrogens is 494 g/mol. The first kappa shape index (κ1) is 25.9. The van der Waals surface area contributed by atoms with Crippen molar-refractivity contribution in [3.05, 3.63) is 53.6 Å². The lowest BCUT2D eigenvalue weighted by atomic mass is 9.77. The van der Waals surface area contributed by atoms with Gasteiger partial charge in [-0.1, -0.05) is 68.8 Å². The smallest absolute Gasteiger partial charge is 0.253 e. The van der Waals surface area contributed by atoms with Crippen LogP contribution in [0.2, 0.25) is 5.02 Å². The summed E-state index contributed by atoms with van der Waals surface area (Å²) in [5.74, 6) is -2.56. The first-order valence-corrected chi connectivity index (χ1v) is 13.4. The number of para-hydroxylation sites is 1. The van der Waals surface area contributed by atoms with Gasteiger partial charge in [-0.3, -0.25) is 14.4 Å². The van der Waals surface area contributed by atoms with E-state index in [9.17, 15) is 19.5 Å². The number of ether oxygens (including phenoxy) is 1. The molecule has 37 heavy (non-hydrogen) atoms. The first-order valence-electron chi connectivity index (χ1n) is 13.1. The minimum atomic E-state index is -1.34. The summed E-state index contributed by atoms with van der Waals surface area (Å²) in [5.41, 5.74) is -0.800. The van der Waals surface area contributed by atoms with E-state index < -0.39 is 35.6 Å². The van der Waals surface area contributed by atoms with Crippen LogP contribution in [0.15, 0.2) is 48.6 Å². The molecule has 1 aromatic rings. The molecule has 2 saturated heterocycles. The molecule has 198 valence electrons. The summed E-state index contributed by atoms with van der Waals surface area (Å²) in [6, 6.07) is 5.42. The van der Waals surface area contributed by atoms with E-state index in [1.165, 1.54) is 4.90 Å². The minimum Gasteiger partial charge on any atom is -0.394 e. The summed E-state index contributed by atoms with van der Waals surface area (Å²) in [4.78, 5) is 47.3. The molecule has 4 aliphatic heterocycles. The van der Waals surface area contributed by atoms with E-state index >= 15 is 0 Å². The van der Waals surface area contributed by atoms with Crippen LogP contribution >= 0.6 is 11.6 Å². The maximum Gasteiger partial charge on any atom is 0.253 e. The Morgan fingerprint density at radius 3 is 2.54 bits per heavy atom. The van der Waals surface area contributed by atoms with Gasteiger partial charge in [-0.15, -0.1) is 0 Å². The van der Waals surface area contributed by atoms with E-state index in [-0.39, 0.29) is 36.8 Å². The quantitative estimate of drug-likeness (QED) is 0.574. The Bertz CT molecular complexity index is 1150. The van der Waals surface area contributed by atoms with Crippen LogP contribution in [0.1, 0.15) is 27.2 Å². The minimum absolute atomic E-state index is 0.129. The Balaban J connectivity index is 1.66. The third-order valence-corrected chi connectivity index (χ3v) is 8.45. The van der Waals surface area contributed by atoms with Crippen molar-refractivity contribution < 1.29 is 24.2 Å². The molecule has 3 amide bonds. The van der Waals surface area contributed by atoms with Gasteiger partial charge in [0.1, 0.15) is 11.6 Å². The molecule has 0 aromatic heterocycles. The highest BCUT2D eigenvalue weighted by Crippen LogP contribution is 2.54. The average molecular weight is 528 g/mol. The molecule has 2 fully saturated rings. The lowest BCUT2D eigenvalue weighted by Gasteiger charge is -2.39. The van der Waals surface area contributed by atoms with Gasteiger partial charge in [0.25, 0.3) is 5.91 Å². The Kier molecular flexibility index (Phi) is 6.94. The molecule has 1 unspecified atom stereocenters. The fourth-order valence-electron chi connectivity index (χ4n) is 6.46. The van der Waals surface area contributed by atoms with E-state index in [4.69, 9.17) is 16.3 Å². The number of amides is 3. The van der Waals surface area contributed by atoms with Crippen molar-refractivity contribution in [2.75, 3.05) is 31.1 Å². The third kappa shape index (κ3) is 3.92. The SMILES string of the molecule is CCCN1CC=C[C@@H]2O[C@]34C=CCN(c5ccccc5Cl)C(=O)C3N([C@@H](CO)C(C)C)C(=O)[C@@H]4[C@@H]2C1=O. The molecule has 0 saturated carbocycles. The number of rotatable bonds is 6. The van der Waals surface area contributed by atoms with Gasteiger partial charge in [0.2, 0.25) is 11.8 Å². The number of aliphatic hydroxyl groups is 1. The number of benzene rings is 1. The van der Waals surface area contributed by atoms with E-state index in [1.807, 2.05) is 45.1 Å². The van der Waals surface area contributed by atoms with Crippen molar-refractivity contribution in [1.82, 2.24) is 9.80 Å². The number of anilines is 1. The summed E-state index contributed by atoms with van der Waals surface area (Å²) >= 11 is 6.49. The Labute approximate surface area is 222 Å². The van der Waals surface area contributed by atoms with Crippen molar-refractivity contribution in [3.8, 4) is 0 Å². The summed E-state index contributed by atoms with van der Waals surface area (Å²) in [6.07, 6.45) is 7.59. The Hall–Kier alpha value is -2.68. The van der Waals surface area contributed by atoms with Crippen molar-refractivity contribution in [2.45, 2.75) is 51.0 Å². The highest BCUT2D eigenvalue weighted by molar-refractivity contribution is 6.34. The number of carbonyl (C=O) groups is 3. The molecule has 1 N–H and O–H groups in total. The molecule has 1 spiro atoms. The number of aliphatic hydroxyl groups excluding tert-OH is 1. The van der Waals surface area contributed by atoms with Crippen LogP contribution in [0.25, 0.3) is 0 Å². The van der Waals surface area contributed by atoms with E-state index in [2.05, 4.69) is 0 Å². The number of hydrogen-bond acceptors (Lipinski definition) is 5. The predicted molar refractivity (Wildman–Crippen MR) is 140 cm³/mol. The molecule has 8 nitrogen and oxygen atoms in total. The number of carbonyl (C=O) groups excluding carboxylic acids is 3. The molecular formula is C28H34ClN3O5. The number of halogens is 1. The van der Waals surface area contributed by atoms with Crippen molar-refractivity contribution in [3.63, 3.8) is 0 Å². The Morgan fingerprint density at radius 2 is 1.86 bits per heavy atom. The summed E-state index contributed by atoms with van der Waals surface area (Å²) in [5, 5.41) is 10.8. The molecule has 4 heterocycles. The van der Waals surface area contributed by atoms with Crippen LogP contribution in [0, 0.1) is 17.8 Å². The van der Waals surface area contributed by atoms with Crippen LogP contribution in [-0.2, 0) is 19.1 Å². The normalized spacial score (nSPS) is 31.9. The average Bonchev–Trinajstić information content (AvgIpc) is 3.18. The number of likely N-dealkylation sites (tertiary alicyclic amines) is 1. The van der Waals surface area contributed by atoms with Gasteiger partial charge < -0.3 is 24.5 Å². The molecule has 4 aliphatic rings. The van der Waals surface area contributed by atoms with Gasteiger partial charge >= 0.3 is 0 Å². The van der Waals surface area contributed by atoms with Crippen molar-refractivity contribution in [2.24, 2.45) is 17.8 Å². The second-order valence-corrected chi connectivity index (χ2v) is 11.0. The van der Waals surface area contributed by atoms with Gasteiger partial charge in [-0.05, 0) is 24.5 Å². The van der Waals surface area contributed by atoms with Crippen molar-refractivity contribution >= 4 is 35.0 Å². The largest absolute Gasteiger partial charge is 0.394 e. The Morgan fingerprint density at radius 1 is 1.11 bits per heavy atom. The van der Waals surface area contributed by atoms with E-state index in [0.29, 0.717) is 23.8 Å². The molecule has 6 atom stereocenters. The van der Waals surface area contributed by atoms with Crippen LogP contribution in [0.5, 0.6) is 0 Å². The first-order chi connectivity index (χ1) is 17.8. The third-order valence-electron chi connectivity index (χ3n) is 8.13. The van der Waals surface area contributed by atoms with Crippen LogP contribution in [0.4, 0.5) is 5.69 Å². The zero-order valence-corrected chi connectivity index (χ0v) is 22.2. The zero-order chi connectivity index (χ0) is 26.5. The van der Waals surface area contributed by atoms with Gasteiger partial charge in [-0.2, -0.15) is 0 Å². The van der Waals surface area contributed by atoms with Crippen LogP contribution < -0.4 is 4.90 Å². The van der Waals surface area contributed by atoms with Crippen LogP contribution in [0.3, 0.4) is 0 Å². The number of nitrogens with zero attached hydrogens (tertiary/aromatic N) is 3. The lowest BCUT2D eigenvalue weighted by molar-refractivity contribution is -0.147. The van der Waals surface area contributed by atoms with Gasteiger partial charge in [0, 0.05) is 19.6 Å². The maximum atomic E-state index is 14.4. The van der Waals surface area contributed by atoms with Crippen LogP contribution in [-0.4, -0.2) is 82.7 Å². The fraction of sp³-hybridized carbons (Fsp3) is 0.536. The molecule has 0 bridgehead atoms. The van der Waals surface area contributed by atoms with Crippen molar-refractivity contribution in [1.29, 1.82) is 0 Å². The lowest BCUT2D eigenvalue weighted by Crippen LogP contribution is -2.59. The maximum absolute atomic E-state index is 14.4. The molecule has 0 aliphatic carbocycles. The van der Waals surface area contributed by atoms with Gasteiger partial charge in [-0.25, -0.2) is 0 Å². The van der Waals surface area contributed by atoms with E-state index in [0.717, 1.165) is 6.42 Å². The summed E-state index contributed by atoms with van der Waals surface area (Å²) in [6.45, 7) is 6.79. The standard InChI is InChI=1S/C28H34ClN3O5/c1-4-13-30-14-7-11-21-22(25(30)34)23-26(35)32(20(16-33)17(2)3)24-27(36)31(15-8-12-28(23,24)37-21)19-10-6-5-9-18(19)29/h5-12,17,20-24,33H,4,13-16H2,1-3H3/t20-,21-,22+,23-,24?,28-/m0/s1.